The van der Waals surface area contributed by atoms with Gasteiger partial charge in [-0.15, -0.1) is 0 Å². The molecule has 39 heavy (non-hydrogen) atoms. The third-order valence-electron chi connectivity index (χ3n) is 8.85. The van der Waals surface area contributed by atoms with Crippen molar-refractivity contribution in [3.05, 3.63) is 18.2 Å². The van der Waals surface area contributed by atoms with E-state index in [9.17, 15) is 0 Å². The van der Waals surface area contributed by atoms with Crippen molar-refractivity contribution in [1.29, 1.82) is 0 Å². The van der Waals surface area contributed by atoms with Gasteiger partial charge in [0.25, 0.3) is 5.82 Å². The molecule has 1 aromatic rings. The molecule has 0 aliphatic carbocycles. The summed E-state index contributed by atoms with van der Waals surface area (Å²) in [5.41, 5.74) is 0. The van der Waals surface area contributed by atoms with Crippen LogP contribution in [0.25, 0.3) is 0 Å². The zero-order valence-corrected chi connectivity index (χ0v) is 27.5. The number of hydrogen-bond donors (Lipinski definition) is 0. The van der Waals surface area contributed by atoms with Gasteiger partial charge in [-0.2, -0.15) is 0 Å². The lowest BCUT2D eigenvalue weighted by Crippen LogP contribution is -2.37. The lowest BCUT2D eigenvalue weighted by Gasteiger charge is -2.07. The molecule has 2 heteroatoms. The normalized spacial score (nSPS) is 11.6. The Balaban J connectivity index is 2.26. The topological polar surface area (TPSA) is 8.81 Å². The van der Waals surface area contributed by atoms with Gasteiger partial charge in [0.15, 0.2) is 0 Å². The van der Waals surface area contributed by atoms with Crippen LogP contribution in [0.3, 0.4) is 0 Å². The molecule has 0 bridgehead atoms. The molecule has 0 spiro atoms. The van der Waals surface area contributed by atoms with Crippen LogP contribution in [0.2, 0.25) is 0 Å². The highest BCUT2D eigenvalue weighted by Crippen LogP contribution is 2.15. The summed E-state index contributed by atoms with van der Waals surface area (Å²) in [6, 6.07) is 0. The lowest BCUT2D eigenvalue weighted by molar-refractivity contribution is -0.704. The van der Waals surface area contributed by atoms with Gasteiger partial charge in [0.05, 0.1) is 13.1 Å². The summed E-state index contributed by atoms with van der Waals surface area (Å²) >= 11 is 0. The van der Waals surface area contributed by atoms with Crippen LogP contribution in [0, 0.1) is 0 Å². The van der Waals surface area contributed by atoms with Gasteiger partial charge in [0.1, 0.15) is 12.4 Å². The van der Waals surface area contributed by atoms with Gasteiger partial charge in [0.2, 0.25) is 0 Å². The Morgan fingerprint density at radius 3 is 1.23 bits per heavy atom. The first kappa shape index (κ1) is 36.2. The van der Waals surface area contributed by atoms with Crippen molar-refractivity contribution in [1.82, 2.24) is 4.57 Å². The van der Waals surface area contributed by atoms with Crippen molar-refractivity contribution in [2.24, 2.45) is 0 Å². The molecule has 0 N–H and O–H groups in total. The second-order valence-electron chi connectivity index (χ2n) is 12.7. The minimum Gasteiger partial charge on any atom is -0.234 e. The van der Waals surface area contributed by atoms with Crippen molar-refractivity contribution in [2.45, 2.75) is 220 Å². The number of nitrogens with zero attached hydrogens (tertiary/aromatic N) is 2. The summed E-state index contributed by atoms with van der Waals surface area (Å²) in [5.74, 6) is 1.62. The van der Waals surface area contributed by atoms with Crippen molar-refractivity contribution >= 4 is 0 Å². The van der Waals surface area contributed by atoms with Crippen molar-refractivity contribution in [2.75, 3.05) is 0 Å². The average Bonchev–Trinajstić information content (AvgIpc) is 3.33. The Labute approximate surface area is 247 Å². The molecule has 0 aliphatic rings. The molecule has 230 valence electrons. The molecule has 0 atom stereocenters. The standard InChI is InChI=1S/C37H73N2/c1-4-7-10-13-15-17-19-20-22-24-26-29-32-37-38(33-30-27-12-9-6-3)35-36-39(37)34-31-28-25-23-21-18-16-14-11-8-5-2/h35-36H,4-34H2,1-3H3/q+1. The van der Waals surface area contributed by atoms with E-state index in [1.54, 1.807) is 5.82 Å². The molecule has 1 rings (SSSR count). The van der Waals surface area contributed by atoms with Crippen LogP contribution in [0.4, 0.5) is 0 Å². The molecule has 0 aliphatic heterocycles. The van der Waals surface area contributed by atoms with Gasteiger partial charge in [-0.1, -0.05) is 168 Å². The molecule has 0 saturated carbocycles. The van der Waals surface area contributed by atoms with E-state index in [-0.39, 0.29) is 0 Å². The van der Waals surface area contributed by atoms with E-state index >= 15 is 0 Å². The minimum atomic E-state index is 1.22. The highest BCUT2D eigenvalue weighted by Gasteiger charge is 2.16. The molecule has 0 aromatic carbocycles. The number of imidazole rings is 1. The second-order valence-corrected chi connectivity index (χ2v) is 12.7. The van der Waals surface area contributed by atoms with Crippen LogP contribution < -0.4 is 4.57 Å². The molecule has 0 unspecified atom stereocenters. The maximum Gasteiger partial charge on any atom is 0.256 e. The molecule has 0 saturated heterocycles. The van der Waals surface area contributed by atoms with Gasteiger partial charge < -0.3 is 0 Å². The Kier molecular flexibility index (Phi) is 26.7. The van der Waals surface area contributed by atoms with E-state index in [1.165, 1.54) is 199 Å². The van der Waals surface area contributed by atoms with Crippen LogP contribution in [-0.2, 0) is 19.5 Å². The van der Waals surface area contributed by atoms with E-state index < -0.39 is 0 Å². The van der Waals surface area contributed by atoms with E-state index in [2.05, 4.69) is 42.3 Å². The number of aromatic nitrogens is 2. The predicted octanol–water partition coefficient (Wildman–Crippen LogP) is 12.3. The monoisotopic (exact) mass is 546 g/mol. The van der Waals surface area contributed by atoms with Crippen molar-refractivity contribution in [3.8, 4) is 0 Å². The number of rotatable bonds is 31. The van der Waals surface area contributed by atoms with Crippen LogP contribution in [0.5, 0.6) is 0 Å². The van der Waals surface area contributed by atoms with Crippen molar-refractivity contribution in [3.63, 3.8) is 0 Å². The molecule has 1 heterocycles. The van der Waals surface area contributed by atoms with Gasteiger partial charge in [-0.05, 0) is 32.1 Å². The Hall–Kier alpha value is -0.790. The van der Waals surface area contributed by atoms with Crippen LogP contribution >= 0.6 is 0 Å². The highest BCUT2D eigenvalue weighted by molar-refractivity contribution is 4.84. The minimum absolute atomic E-state index is 1.22. The average molecular weight is 546 g/mol. The fourth-order valence-corrected chi connectivity index (χ4v) is 6.15. The van der Waals surface area contributed by atoms with Gasteiger partial charge in [-0.25, -0.2) is 9.13 Å². The first-order chi connectivity index (χ1) is 19.3. The summed E-state index contributed by atoms with van der Waals surface area (Å²) in [6.45, 7) is 9.39. The molecule has 2 nitrogen and oxygen atoms in total. The van der Waals surface area contributed by atoms with E-state index in [1.807, 2.05) is 0 Å². The fraction of sp³-hybridized carbons (Fsp3) is 0.919. The second kappa shape index (κ2) is 28.7. The fourth-order valence-electron chi connectivity index (χ4n) is 6.15. The Morgan fingerprint density at radius 1 is 0.436 bits per heavy atom. The molecule has 0 fully saturated rings. The SMILES string of the molecule is CCCCCCCCCCCCCCc1n(CCCCCCCCCCCCC)cc[n+]1CCCCCCC. The summed E-state index contributed by atoms with van der Waals surface area (Å²) in [7, 11) is 0. The Morgan fingerprint density at radius 2 is 0.795 bits per heavy atom. The van der Waals surface area contributed by atoms with Gasteiger partial charge in [-0.3, -0.25) is 0 Å². The third kappa shape index (κ3) is 21.6. The van der Waals surface area contributed by atoms with Crippen molar-refractivity contribution < 1.29 is 4.57 Å². The number of aryl methyl sites for hydroxylation is 2. The largest absolute Gasteiger partial charge is 0.256 e. The number of hydrogen-bond acceptors (Lipinski definition) is 0. The summed E-state index contributed by atoms with van der Waals surface area (Å²) in [6.07, 6.45) is 45.9. The molecular weight excluding hydrogens is 472 g/mol. The highest BCUT2D eigenvalue weighted by atomic mass is 15.1. The zero-order chi connectivity index (χ0) is 28.1. The smallest absolute Gasteiger partial charge is 0.234 e. The summed E-state index contributed by atoms with van der Waals surface area (Å²) in [4.78, 5) is 0. The van der Waals surface area contributed by atoms with Gasteiger partial charge >= 0.3 is 0 Å². The maximum atomic E-state index is 2.62. The molecule has 0 amide bonds. The summed E-state index contributed by atoms with van der Waals surface area (Å²) < 4.78 is 5.24. The maximum absolute atomic E-state index is 2.62. The van der Waals surface area contributed by atoms with Gasteiger partial charge in [0, 0.05) is 6.42 Å². The van der Waals surface area contributed by atoms with Crippen LogP contribution in [-0.4, -0.2) is 4.57 Å². The lowest BCUT2D eigenvalue weighted by atomic mass is 10.0. The zero-order valence-electron chi connectivity index (χ0n) is 27.5. The predicted molar refractivity (Wildman–Crippen MR) is 175 cm³/mol. The van der Waals surface area contributed by atoms with Crippen LogP contribution in [0.1, 0.15) is 206 Å². The molecule has 0 radical (unpaired) electrons. The quantitative estimate of drug-likeness (QED) is 0.0648. The molecule has 1 aromatic heterocycles. The Bertz CT molecular complexity index is 605. The molecular formula is C37H73N2+. The third-order valence-corrected chi connectivity index (χ3v) is 8.85. The van der Waals surface area contributed by atoms with E-state index in [0.717, 1.165) is 0 Å². The van der Waals surface area contributed by atoms with Crippen LogP contribution in [0.15, 0.2) is 12.4 Å². The van der Waals surface area contributed by atoms with E-state index in [4.69, 9.17) is 0 Å². The van der Waals surface area contributed by atoms with E-state index in [0.29, 0.717) is 0 Å². The first-order valence-corrected chi connectivity index (χ1v) is 18.4. The first-order valence-electron chi connectivity index (χ1n) is 18.4. The number of unbranched alkanes of at least 4 members (excludes halogenated alkanes) is 25. The summed E-state index contributed by atoms with van der Waals surface area (Å²) in [5, 5.41) is 0.